The molecule has 1 aromatic heterocycles. The summed E-state index contributed by atoms with van der Waals surface area (Å²) in [7, 11) is 0. The van der Waals surface area contributed by atoms with E-state index in [2.05, 4.69) is 48.2 Å². The lowest BCUT2D eigenvalue weighted by molar-refractivity contribution is -0.117. The van der Waals surface area contributed by atoms with E-state index in [0.29, 0.717) is 11.4 Å². The van der Waals surface area contributed by atoms with Crippen LogP contribution in [-0.4, -0.2) is 39.7 Å². The Hall–Kier alpha value is -2.99. The lowest BCUT2D eigenvalue weighted by atomic mass is 9.82. The van der Waals surface area contributed by atoms with Gasteiger partial charge < -0.3 is 10.2 Å². The molecule has 0 aliphatic carbocycles. The molecule has 4 rings (SSSR count). The van der Waals surface area contributed by atoms with Gasteiger partial charge in [-0.1, -0.05) is 37.3 Å². The molecule has 0 radical (unpaired) electrons. The summed E-state index contributed by atoms with van der Waals surface area (Å²) in [5, 5.41) is 8.34. The molecule has 0 spiro atoms. The average Bonchev–Trinajstić information content (AvgIpc) is 2.81. The van der Waals surface area contributed by atoms with Gasteiger partial charge in [0.15, 0.2) is 0 Å². The maximum atomic E-state index is 12.6. The van der Waals surface area contributed by atoms with Crippen LogP contribution in [0.3, 0.4) is 0 Å². The Morgan fingerprint density at radius 1 is 1.15 bits per heavy atom. The van der Waals surface area contributed by atoms with Crippen LogP contribution in [-0.2, 0) is 17.8 Å². The van der Waals surface area contributed by atoms with Crippen molar-refractivity contribution in [1.82, 2.24) is 14.7 Å². The molecule has 6 nitrogen and oxygen atoms in total. The fraction of sp³-hybridized carbons (Fsp3) is 0.444. The van der Waals surface area contributed by atoms with E-state index in [1.54, 1.807) is 12.3 Å². The van der Waals surface area contributed by atoms with Crippen LogP contribution in [0.4, 0.5) is 5.69 Å². The maximum Gasteiger partial charge on any atom is 0.275 e. The van der Waals surface area contributed by atoms with Gasteiger partial charge in [0.25, 0.3) is 5.56 Å². The number of anilines is 1. The zero-order valence-electron chi connectivity index (χ0n) is 19.8. The summed E-state index contributed by atoms with van der Waals surface area (Å²) in [6, 6.07) is 15.9. The van der Waals surface area contributed by atoms with Crippen LogP contribution in [0.25, 0.3) is 10.8 Å². The number of aromatic nitrogens is 2. The lowest BCUT2D eigenvalue weighted by Crippen LogP contribution is -2.43. The molecule has 174 valence electrons. The molecule has 3 aromatic rings. The molecule has 1 amide bonds. The van der Waals surface area contributed by atoms with Crippen molar-refractivity contribution in [3.63, 3.8) is 0 Å². The number of benzene rings is 2. The van der Waals surface area contributed by atoms with E-state index in [1.165, 1.54) is 36.2 Å². The third kappa shape index (κ3) is 5.69. The van der Waals surface area contributed by atoms with Gasteiger partial charge in [-0.2, -0.15) is 5.10 Å². The average molecular weight is 447 g/mol. The Morgan fingerprint density at radius 2 is 1.91 bits per heavy atom. The zero-order chi connectivity index (χ0) is 23.4. The van der Waals surface area contributed by atoms with Crippen LogP contribution < -0.4 is 10.9 Å². The van der Waals surface area contributed by atoms with Crippen LogP contribution in [0.15, 0.2) is 59.5 Å². The second-order valence-corrected chi connectivity index (χ2v) is 9.59. The molecule has 0 saturated carbocycles. The number of carbonyl (C=O) groups excluding carboxylic acids is 1. The monoisotopic (exact) mass is 446 g/mol. The second kappa shape index (κ2) is 10.3. The molecule has 33 heavy (non-hydrogen) atoms. The van der Waals surface area contributed by atoms with E-state index in [0.717, 1.165) is 29.3 Å². The van der Waals surface area contributed by atoms with Gasteiger partial charge >= 0.3 is 0 Å². The Bertz CT molecular complexity index is 1150. The molecule has 1 fully saturated rings. The van der Waals surface area contributed by atoms with Gasteiger partial charge in [-0.15, -0.1) is 0 Å². The minimum absolute atomic E-state index is 0.113. The van der Waals surface area contributed by atoms with Crippen LogP contribution in [0.5, 0.6) is 0 Å². The summed E-state index contributed by atoms with van der Waals surface area (Å²) in [6.07, 6.45) is 5.15. The number of aryl methyl sites for hydroxylation is 1. The quantitative estimate of drug-likeness (QED) is 0.586. The topological polar surface area (TPSA) is 67.2 Å². The predicted molar refractivity (Wildman–Crippen MR) is 133 cm³/mol. The van der Waals surface area contributed by atoms with E-state index in [9.17, 15) is 9.59 Å². The van der Waals surface area contributed by atoms with Crippen molar-refractivity contribution in [2.45, 2.75) is 52.6 Å². The second-order valence-electron chi connectivity index (χ2n) is 9.59. The molecular weight excluding hydrogens is 412 g/mol. The lowest BCUT2D eigenvalue weighted by Gasteiger charge is -2.39. The summed E-state index contributed by atoms with van der Waals surface area (Å²) in [6.45, 7) is 9.23. The van der Waals surface area contributed by atoms with Crippen LogP contribution in [0.1, 0.15) is 39.2 Å². The third-order valence-electron chi connectivity index (χ3n) is 6.94. The van der Waals surface area contributed by atoms with Gasteiger partial charge in [-0.25, -0.2) is 4.68 Å². The van der Waals surface area contributed by atoms with Crippen molar-refractivity contribution in [1.29, 1.82) is 0 Å². The molecule has 0 bridgehead atoms. The summed E-state index contributed by atoms with van der Waals surface area (Å²) in [4.78, 5) is 27.6. The van der Waals surface area contributed by atoms with Gasteiger partial charge in [0, 0.05) is 23.7 Å². The fourth-order valence-electron chi connectivity index (χ4n) is 4.81. The summed E-state index contributed by atoms with van der Waals surface area (Å²) in [5.74, 6) is 1.23. The minimum Gasteiger partial charge on any atom is -0.324 e. The van der Waals surface area contributed by atoms with Crippen LogP contribution in [0, 0.1) is 11.8 Å². The van der Waals surface area contributed by atoms with Crippen LogP contribution in [0.2, 0.25) is 0 Å². The fourth-order valence-corrected chi connectivity index (χ4v) is 4.81. The standard InChI is InChI=1S/C27H34N4O2/c1-19(2)30-15-14-22(20(3)17-30)11-8-21-9-12-24(13-10-21)29-26(32)18-31-27(33)25-7-5-4-6-23(25)16-28-31/h4-7,9-10,12-13,16,19-20,22H,8,11,14-15,17-18H2,1-3H3,(H,29,32). The highest BCUT2D eigenvalue weighted by Crippen LogP contribution is 2.28. The maximum absolute atomic E-state index is 12.6. The van der Waals surface area contributed by atoms with Crippen molar-refractivity contribution in [3.05, 3.63) is 70.6 Å². The number of carbonyl (C=O) groups is 1. The molecule has 2 aromatic carbocycles. The molecule has 2 heterocycles. The molecule has 1 aliphatic heterocycles. The normalized spacial score (nSPS) is 19.2. The van der Waals surface area contributed by atoms with Gasteiger partial charge in [-0.05, 0) is 75.3 Å². The highest BCUT2D eigenvalue weighted by atomic mass is 16.2. The van der Waals surface area contributed by atoms with Crippen molar-refractivity contribution in [3.8, 4) is 0 Å². The third-order valence-corrected chi connectivity index (χ3v) is 6.94. The van der Waals surface area contributed by atoms with E-state index in [-0.39, 0.29) is 18.0 Å². The van der Waals surface area contributed by atoms with Crippen molar-refractivity contribution in [2.75, 3.05) is 18.4 Å². The molecule has 1 saturated heterocycles. The van der Waals surface area contributed by atoms with Crippen molar-refractivity contribution in [2.24, 2.45) is 11.8 Å². The molecular formula is C27H34N4O2. The Kier molecular flexibility index (Phi) is 7.23. The largest absolute Gasteiger partial charge is 0.324 e. The van der Waals surface area contributed by atoms with Crippen molar-refractivity contribution >= 4 is 22.4 Å². The molecule has 1 N–H and O–H groups in total. The van der Waals surface area contributed by atoms with Gasteiger partial charge in [0.05, 0.1) is 11.6 Å². The number of rotatable bonds is 7. The number of hydrogen-bond acceptors (Lipinski definition) is 4. The van der Waals surface area contributed by atoms with Gasteiger partial charge in [0.2, 0.25) is 5.91 Å². The molecule has 2 atom stereocenters. The van der Waals surface area contributed by atoms with Crippen LogP contribution >= 0.6 is 0 Å². The number of piperidine rings is 1. The number of nitrogens with zero attached hydrogens (tertiary/aromatic N) is 3. The van der Waals surface area contributed by atoms with Gasteiger partial charge in [0.1, 0.15) is 6.54 Å². The number of hydrogen-bond donors (Lipinski definition) is 1. The smallest absolute Gasteiger partial charge is 0.275 e. The number of likely N-dealkylation sites (tertiary alicyclic amines) is 1. The number of fused-ring (bicyclic) bond motifs is 1. The summed E-state index contributed by atoms with van der Waals surface area (Å²) >= 11 is 0. The Morgan fingerprint density at radius 3 is 2.64 bits per heavy atom. The first-order chi connectivity index (χ1) is 15.9. The van der Waals surface area contributed by atoms with Gasteiger partial charge in [-0.3, -0.25) is 9.59 Å². The van der Waals surface area contributed by atoms with E-state index >= 15 is 0 Å². The molecule has 2 unspecified atom stereocenters. The first kappa shape index (κ1) is 23.2. The zero-order valence-corrected chi connectivity index (χ0v) is 19.8. The first-order valence-electron chi connectivity index (χ1n) is 12.0. The Labute approximate surface area is 195 Å². The summed E-state index contributed by atoms with van der Waals surface area (Å²) < 4.78 is 1.21. The number of amides is 1. The minimum atomic E-state index is -0.265. The number of nitrogens with one attached hydrogen (secondary N) is 1. The molecule has 6 heteroatoms. The van der Waals surface area contributed by atoms with E-state index in [4.69, 9.17) is 0 Å². The van der Waals surface area contributed by atoms with E-state index < -0.39 is 0 Å². The van der Waals surface area contributed by atoms with Crippen molar-refractivity contribution < 1.29 is 4.79 Å². The highest BCUT2D eigenvalue weighted by Gasteiger charge is 2.26. The molecule has 1 aliphatic rings. The predicted octanol–water partition coefficient (Wildman–Crippen LogP) is 4.33. The van der Waals surface area contributed by atoms with E-state index in [1.807, 2.05) is 30.3 Å². The summed E-state index contributed by atoms with van der Waals surface area (Å²) in [5.41, 5.74) is 1.77. The first-order valence-corrected chi connectivity index (χ1v) is 12.0. The highest BCUT2D eigenvalue weighted by molar-refractivity contribution is 5.90. The Balaban J connectivity index is 1.29. The SMILES string of the molecule is CC1CN(C(C)C)CCC1CCc1ccc(NC(=O)Cn2ncc3ccccc3c2=O)cc1.